The van der Waals surface area contributed by atoms with E-state index in [1.807, 2.05) is 0 Å². The molecule has 2 rings (SSSR count). The molecule has 0 spiro atoms. The number of hydrogen-bond acceptors (Lipinski definition) is 10. The van der Waals surface area contributed by atoms with Gasteiger partial charge in [-0.3, -0.25) is 14.4 Å². The van der Waals surface area contributed by atoms with Gasteiger partial charge in [0.2, 0.25) is 17.7 Å². The predicted molar refractivity (Wildman–Crippen MR) is 175 cm³/mol. The molecule has 5 N–H and O–H groups in total. The second kappa shape index (κ2) is 18.9. The zero-order valence-corrected chi connectivity index (χ0v) is 28.7. The van der Waals surface area contributed by atoms with Gasteiger partial charge in [0, 0.05) is 26.7 Å². The van der Waals surface area contributed by atoms with Crippen LogP contribution in [-0.2, 0) is 51.1 Å². The molecule has 0 aliphatic heterocycles. The Kier molecular flexibility index (Phi) is 16.1. The van der Waals surface area contributed by atoms with Crippen LogP contribution in [0.5, 0.6) is 11.5 Å². The first-order chi connectivity index (χ1) is 22.1. The molecule has 14 heteroatoms. The van der Waals surface area contributed by atoms with Crippen molar-refractivity contribution in [1.82, 2.24) is 10.6 Å². The van der Waals surface area contributed by atoms with Crippen molar-refractivity contribution in [2.24, 2.45) is 5.73 Å². The van der Waals surface area contributed by atoms with E-state index in [1.165, 1.54) is 13.8 Å². The average molecular weight is 674 g/mol. The summed E-state index contributed by atoms with van der Waals surface area (Å²) in [6.45, 7) is 12.7. The summed E-state index contributed by atoms with van der Waals surface area (Å²) < 4.78 is 21.1. The lowest BCUT2D eigenvalue weighted by Crippen LogP contribution is -2.44. The summed E-state index contributed by atoms with van der Waals surface area (Å²) in [6.07, 6.45) is 0.344. The molecule has 0 radical (unpaired) electrons. The second-order valence-electron chi connectivity index (χ2n) is 12.7. The third-order valence-corrected chi connectivity index (χ3v) is 5.63. The number of carboxylic acid groups (broad SMARTS) is 1. The van der Waals surface area contributed by atoms with E-state index in [1.54, 1.807) is 90.1 Å². The number of hydrogen-bond donors (Lipinski definition) is 4. The summed E-state index contributed by atoms with van der Waals surface area (Å²) in [5, 5.41) is 14.0. The fourth-order valence-electron chi connectivity index (χ4n) is 3.94. The van der Waals surface area contributed by atoms with E-state index in [0.29, 0.717) is 17.1 Å². The van der Waals surface area contributed by atoms with Gasteiger partial charge in [-0.15, -0.1) is 0 Å². The third kappa shape index (κ3) is 18.7. The Hall–Kier alpha value is -5.14. The number of aliphatic carboxylic acids is 1. The highest BCUT2D eigenvalue weighted by molar-refractivity contribution is 5.86. The van der Waals surface area contributed by atoms with Crippen molar-refractivity contribution in [3.05, 3.63) is 59.7 Å². The molecule has 0 unspecified atom stereocenters. The van der Waals surface area contributed by atoms with Crippen LogP contribution in [0.2, 0.25) is 0 Å². The molecule has 2 aromatic carbocycles. The molecule has 48 heavy (non-hydrogen) atoms. The van der Waals surface area contributed by atoms with Gasteiger partial charge >= 0.3 is 17.9 Å². The Bertz CT molecular complexity index is 1320. The maximum Gasteiger partial charge on any atom is 0.344 e. The fourth-order valence-corrected chi connectivity index (χ4v) is 3.94. The van der Waals surface area contributed by atoms with E-state index in [0.717, 1.165) is 5.56 Å². The van der Waals surface area contributed by atoms with E-state index >= 15 is 0 Å². The smallest absolute Gasteiger partial charge is 0.344 e. The van der Waals surface area contributed by atoms with E-state index in [2.05, 4.69) is 10.6 Å². The molecular weight excluding hydrogens is 626 g/mol. The van der Waals surface area contributed by atoms with Crippen molar-refractivity contribution in [3.63, 3.8) is 0 Å². The van der Waals surface area contributed by atoms with Crippen LogP contribution in [0, 0.1) is 0 Å². The van der Waals surface area contributed by atoms with Gasteiger partial charge in [-0.1, -0.05) is 24.3 Å². The van der Waals surface area contributed by atoms with Gasteiger partial charge in [-0.05, 0) is 76.9 Å². The summed E-state index contributed by atoms with van der Waals surface area (Å²) in [4.78, 5) is 68.0. The molecule has 0 fully saturated rings. The van der Waals surface area contributed by atoms with Gasteiger partial charge in [0.15, 0.2) is 13.2 Å². The SMILES string of the molecule is CC(=O)N[C@@H](Cc1cccc(OCC(=O)OC(C)(C)C)c1)C(=O)O.CC(=O)N[C@@H](Cc1cccc(OCC(=O)OC(C)(C)C)c1)C(N)=O. The minimum absolute atomic E-state index is 0.110. The van der Waals surface area contributed by atoms with Crippen molar-refractivity contribution in [1.29, 1.82) is 0 Å². The van der Waals surface area contributed by atoms with E-state index in [9.17, 15) is 28.8 Å². The second-order valence-corrected chi connectivity index (χ2v) is 12.7. The molecule has 2 aromatic rings. The number of benzene rings is 2. The Morgan fingerprint density at radius 2 is 1.06 bits per heavy atom. The monoisotopic (exact) mass is 673 g/mol. The van der Waals surface area contributed by atoms with Crippen molar-refractivity contribution >= 4 is 35.6 Å². The summed E-state index contributed by atoms with van der Waals surface area (Å²) in [5.74, 6) is -2.57. The van der Waals surface area contributed by atoms with Crippen LogP contribution < -0.4 is 25.8 Å². The van der Waals surface area contributed by atoms with Crippen LogP contribution in [-0.4, -0.2) is 77.2 Å². The van der Waals surface area contributed by atoms with Crippen molar-refractivity contribution in [2.75, 3.05) is 13.2 Å². The Labute approximate surface area is 280 Å². The van der Waals surface area contributed by atoms with Gasteiger partial charge in [-0.25, -0.2) is 14.4 Å². The molecule has 0 saturated carbocycles. The average Bonchev–Trinajstić information content (AvgIpc) is 2.93. The number of nitrogens with two attached hydrogens (primary N) is 1. The van der Waals surface area contributed by atoms with Gasteiger partial charge < -0.3 is 40.4 Å². The molecule has 0 aliphatic rings. The summed E-state index contributed by atoms with van der Waals surface area (Å²) >= 11 is 0. The lowest BCUT2D eigenvalue weighted by molar-refractivity contribution is -0.158. The zero-order valence-electron chi connectivity index (χ0n) is 28.7. The first-order valence-corrected chi connectivity index (χ1v) is 15.1. The van der Waals surface area contributed by atoms with Crippen LogP contribution in [0.25, 0.3) is 0 Å². The Morgan fingerprint density at radius 1 is 0.688 bits per heavy atom. The Morgan fingerprint density at radius 3 is 1.40 bits per heavy atom. The number of rotatable bonds is 14. The third-order valence-electron chi connectivity index (χ3n) is 5.63. The standard InChI is InChI=1S/C17H24N2O5.C17H23NO6/c1-11(20)19-14(16(18)22)9-12-6-5-7-13(8-12)23-10-15(21)24-17(2,3)4;1-11(19)18-14(16(21)22)9-12-6-5-7-13(8-12)23-10-15(20)24-17(2,3)4/h5-8,14H,9-10H2,1-4H3,(H2,18,22)(H,19,20);5-8,14H,9-10H2,1-4H3,(H,18,19)(H,21,22)/t2*14-/m00/s1. The molecule has 0 heterocycles. The molecule has 264 valence electrons. The van der Waals surface area contributed by atoms with E-state index in [4.69, 9.17) is 29.8 Å². The van der Waals surface area contributed by atoms with Crippen molar-refractivity contribution in [2.45, 2.75) is 91.5 Å². The first kappa shape index (κ1) is 40.9. The highest BCUT2D eigenvalue weighted by Gasteiger charge is 2.21. The predicted octanol–water partition coefficient (Wildman–Crippen LogP) is 2.48. The highest BCUT2D eigenvalue weighted by atomic mass is 16.6. The van der Waals surface area contributed by atoms with E-state index in [-0.39, 0.29) is 32.0 Å². The van der Waals surface area contributed by atoms with Crippen molar-refractivity contribution < 1.29 is 52.8 Å². The van der Waals surface area contributed by atoms with Gasteiger partial charge in [0.05, 0.1) is 0 Å². The quantitative estimate of drug-likeness (QED) is 0.214. The van der Waals surface area contributed by atoms with Crippen LogP contribution in [0.3, 0.4) is 0 Å². The Balaban J connectivity index is 0.000000480. The van der Waals surface area contributed by atoms with Gasteiger partial charge in [0.1, 0.15) is 34.8 Å². The molecule has 0 aliphatic carbocycles. The molecule has 2 atom stereocenters. The molecular formula is C34H47N3O11. The summed E-state index contributed by atoms with van der Waals surface area (Å²) in [7, 11) is 0. The minimum Gasteiger partial charge on any atom is -0.482 e. The number of carbonyl (C=O) groups is 6. The first-order valence-electron chi connectivity index (χ1n) is 15.1. The summed E-state index contributed by atoms with van der Waals surface area (Å²) in [6, 6.07) is 11.7. The highest BCUT2D eigenvalue weighted by Crippen LogP contribution is 2.17. The van der Waals surface area contributed by atoms with Gasteiger partial charge in [0.25, 0.3) is 0 Å². The maximum absolute atomic E-state index is 11.6. The topological polar surface area (TPSA) is 210 Å². The van der Waals surface area contributed by atoms with Crippen LogP contribution in [0.15, 0.2) is 48.5 Å². The van der Waals surface area contributed by atoms with Crippen LogP contribution in [0.1, 0.15) is 66.5 Å². The van der Waals surface area contributed by atoms with Crippen LogP contribution in [0.4, 0.5) is 0 Å². The number of esters is 2. The number of carbonyl (C=O) groups excluding carboxylic acids is 5. The van der Waals surface area contributed by atoms with E-state index < -0.39 is 53.0 Å². The molecule has 3 amide bonds. The molecule has 0 saturated heterocycles. The van der Waals surface area contributed by atoms with Gasteiger partial charge in [-0.2, -0.15) is 0 Å². The molecule has 14 nitrogen and oxygen atoms in total. The lowest BCUT2D eigenvalue weighted by Gasteiger charge is -2.19. The zero-order chi connectivity index (χ0) is 36.7. The summed E-state index contributed by atoms with van der Waals surface area (Å²) in [5.41, 5.74) is 5.53. The van der Waals surface area contributed by atoms with Crippen LogP contribution >= 0.6 is 0 Å². The molecule has 0 aromatic heterocycles. The molecule has 0 bridgehead atoms. The fraction of sp³-hybridized carbons (Fsp3) is 0.471. The normalized spacial score (nSPS) is 12.2. The largest absolute Gasteiger partial charge is 0.482 e. The number of primary amides is 1. The lowest BCUT2D eigenvalue weighted by atomic mass is 10.1. The minimum atomic E-state index is -1.12. The number of amides is 3. The number of nitrogens with one attached hydrogen (secondary N) is 2. The number of ether oxygens (including phenoxy) is 4. The van der Waals surface area contributed by atoms with Crippen molar-refractivity contribution in [3.8, 4) is 11.5 Å². The maximum atomic E-state index is 11.6. The number of carboxylic acids is 1.